The summed E-state index contributed by atoms with van der Waals surface area (Å²) in [6, 6.07) is 10.7. The smallest absolute Gasteiger partial charge is 0.489 e. The number of aromatic nitrogens is 2. The standard InChI is InChI=1S/C38H53F3N4O11SSi2/c1-36(2,3)58(7,8)52-23-30-26(56-59(9,10)37(4,5)6)20-31(54-30)45-21-29-33(44-34(45)46)43-32-27(18-25(19-28(32)53-29)55-57(48,49)38(39,40)41)50-17-16-42-35(47)51-22-24-14-12-11-13-15-24/h11-15,18-19,21,26,30-31H,16-17,20,22-23H2,1-10H3,(H,42,47)(H,43,44,46)/t26-,30+,31+/m0/s1. The fourth-order valence-electron chi connectivity index (χ4n) is 5.46. The maximum Gasteiger partial charge on any atom is 0.534 e. The van der Waals surface area contributed by atoms with Gasteiger partial charge in [-0.05, 0) is 41.8 Å². The third-order valence-electron chi connectivity index (χ3n) is 10.9. The molecule has 326 valence electrons. The highest BCUT2D eigenvalue weighted by Crippen LogP contribution is 2.49. The van der Waals surface area contributed by atoms with Gasteiger partial charge in [0.1, 0.15) is 37.0 Å². The fraction of sp³-hybridized carbons (Fsp3) is 0.553. The van der Waals surface area contributed by atoms with Gasteiger partial charge in [0.15, 0.2) is 39.7 Å². The summed E-state index contributed by atoms with van der Waals surface area (Å²) in [7, 11) is -10.6. The lowest BCUT2D eigenvalue weighted by Crippen LogP contribution is -2.48. The lowest BCUT2D eigenvalue weighted by Gasteiger charge is -2.40. The Hall–Kier alpha value is -4.16. The average molecular weight is 887 g/mol. The molecule has 1 saturated heterocycles. The molecule has 1 aromatic heterocycles. The number of benzene rings is 2. The summed E-state index contributed by atoms with van der Waals surface area (Å²) in [6.45, 7) is 21.2. The maximum atomic E-state index is 13.6. The van der Waals surface area contributed by atoms with Crippen LogP contribution < -0.4 is 30.0 Å². The Kier molecular flexibility index (Phi) is 13.3. The lowest BCUT2D eigenvalue weighted by molar-refractivity contribution is -0.0500. The monoisotopic (exact) mass is 886 g/mol. The predicted molar refractivity (Wildman–Crippen MR) is 218 cm³/mol. The zero-order valence-electron chi connectivity index (χ0n) is 34.8. The van der Waals surface area contributed by atoms with Gasteiger partial charge in [0.25, 0.3) is 0 Å². The van der Waals surface area contributed by atoms with Gasteiger partial charge in [0.2, 0.25) is 0 Å². The van der Waals surface area contributed by atoms with Gasteiger partial charge in [0, 0.05) is 18.6 Å². The first-order valence-corrected chi connectivity index (χ1v) is 26.2. The molecule has 0 saturated carbocycles. The van der Waals surface area contributed by atoms with E-state index >= 15 is 0 Å². The molecule has 0 unspecified atom stereocenters. The second kappa shape index (κ2) is 17.1. The first kappa shape index (κ1) is 45.9. The highest BCUT2D eigenvalue weighted by Gasteiger charge is 2.49. The Labute approximate surface area is 344 Å². The van der Waals surface area contributed by atoms with Gasteiger partial charge in [-0.1, -0.05) is 71.9 Å². The molecular weight excluding hydrogens is 834 g/mol. The minimum atomic E-state index is -6.10. The largest absolute Gasteiger partial charge is 0.534 e. The molecule has 59 heavy (non-hydrogen) atoms. The van der Waals surface area contributed by atoms with Gasteiger partial charge in [-0.2, -0.15) is 26.6 Å². The van der Waals surface area contributed by atoms with Crippen LogP contribution in [0.1, 0.15) is 59.8 Å². The van der Waals surface area contributed by atoms with Crippen molar-refractivity contribution in [2.24, 2.45) is 0 Å². The van der Waals surface area contributed by atoms with E-state index in [9.17, 15) is 31.2 Å². The second-order valence-electron chi connectivity index (χ2n) is 17.3. The number of alkyl carbamates (subject to hydrolysis) is 1. The van der Waals surface area contributed by atoms with Crippen molar-refractivity contribution in [3.8, 4) is 23.0 Å². The summed E-state index contributed by atoms with van der Waals surface area (Å²) in [5.74, 6) is -1.33. The second-order valence-corrected chi connectivity index (χ2v) is 28.4. The Morgan fingerprint density at radius 1 is 1.00 bits per heavy atom. The van der Waals surface area contributed by atoms with E-state index in [0.717, 1.165) is 17.7 Å². The van der Waals surface area contributed by atoms with Crippen molar-refractivity contribution in [3.05, 3.63) is 64.7 Å². The molecule has 1 amide bonds. The molecule has 3 heterocycles. The number of anilines is 2. The van der Waals surface area contributed by atoms with Crippen LogP contribution in [-0.4, -0.2) is 78.2 Å². The topological polar surface area (TPSA) is 175 Å². The SMILES string of the molecule is CC(C)(C)[Si](C)(C)OC[C@H]1O[C@@H](n2cc3c(nc2=O)Nc2c(OCCNC(=O)OCc4ccccc4)cc(OS(=O)(=O)C(F)(F)F)cc2O3)C[C@@H]1O[Si](C)(C)C(C)(C)C. The number of ether oxygens (including phenoxy) is 4. The van der Waals surface area contributed by atoms with E-state index in [0.29, 0.717) is 0 Å². The van der Waals surface area contributed by atoms with Gasteiger partial charge in [0.05, 0.1) is 25.5 Å². The number of halogens is 3. The summed E-state index contributed by atoms with van der Waals surface area (Å²) in [5, 5.41) is 5.20. The van der Waals surface area contributed by atoms with Gasteiger partial charge in [-0.15, -0.1) is 0 Å². The molecule has 3 aromatic rings. The van der Waals surface area contributed by atoms with Gasteiger partial charge >= 0.3 is 27.4 Å². The summed E-state index contributed by atoms with van der Waals surface area (Å²) in [6.07, 6.45) is -0.948. The van der Waals surface area contributed by atoms with Crippen LogP contribution in [-0.2, 0) is 35.1 Å². The van der Waals surface area contributed by atoms with E-state index in [1.54, 1.807) is 24.3 Å². The van der Waals surface area contributed by atoms with E-state index in [-0.39, 0.29) is 71.6 Å². The average Bonchev–Trinajstić information content (AvgIpc) is 3.50. The first-order chi connectivity index (χ1) is 27.2. The third kappa shape index (κ3) is 11.0. The zero-order valence-corrected chi connectivity index (χ0v) is 37.6. The maximum absolute atomic E-state index is 13.6. The number of alkyl halides is 3. The molecule has 5 rings (SSSR count). The Bertz CT molecular complexity index is 2160. The third-order valence-corrected chi connectivity index (χ3v) is 20.9. The number of carbonyl (C=O) groups is 1. The minimum absolute atomic E-state index is 0.00615. The van der Waals surface area contributed by atoms with E-state index in [4.69, 9.17) is 27.8 Å². The van der Waals surface area contributed by atoms with Crippen LogP contribution in [0.2, 0.25) is 36.3 Å². The first-order valence-electron chi connectivity index (χ1n) is 19.0. The fourth-order valence-corrected chi connectivity index (χ4v) is 8.28. The number of nitrogens with zero attached hydrogens (tertiary/aromatic N) is 2. The lowest BCUT2D eigenvalue weighted by atomic mass is 10.2. The molecule has 3 atom stereocenters. The molecule has 2 aliphatic rings. The van der Waals surface area contributed by atoms with E-state index in [2.05, 4.69) is 87.5 Å². The molecule has 2 aliphatic heterocycles. The number of rotatable bonds is 14. The number of hydrogen-bond acceptors (Lipinski definition) is 13. The minimum Gasteiger partial charge on any atom is -0.489 e. The zero-order chi connectivity index (χ0) is 43.8. The van der Waals surface area contributed by atoms with Crippen LogP contribution in [0.5, 0.6) is 23.0 Å². The molecule has 15 nitrogen and oxygen atoms in total. The predicted octanol–water partition coefficient (Wildman–Crippen LogP) is 8.33. The molecule has 2 N–H and O–H groups in total. The Morgan fingerprint density at radius 2 is 1.66 bits per heavy atom. The number of carbonyl (C=O) groups excluding carboxylic acids is 1. The number of amides is 1. The number of fused-ring (bicyclic) bond motifs is 2. The normalized spacial score (nSPS) is 18.6. The van der Waals surface area contributed by atoms with Gasteiger partial charge in [-0.3, -0.25) is 4.57 Å². The summed E-state index contributed by atoms with van der Waals surface area (Å²) in [5.41, 5.74) is -5.69. The van der Waals surface area contributed by atoms with Gasteiger partial charge < -0.3 is 42.6 Å². The summed E-state index contributed by atoms with van der Waals surface area (Å²) < 4.78 is 106. The molecule has 21 heteroatoms. The van der Waals surface area contributed by atoms with Crippen LogP contribution in [0.3, 0.4) is 0 Å². The van der Waals surface area contributed by atoms with Crippen molar-refractivity contribution < 1.29 is 58.4 Å². The summed E-state index contributed by atoms with van der Waals surface area (Å²) >= 11 is 0. The molecule has 0 spiro atoms. The van der Waals surface area contributed by atoms with Crippen molar-refractivity contribution in [2.75, 3.05) is 25.1 Å². The van der Waals surface area contributed by atoms with Crippen molar-refractivity contribution in [3.63, 3.8) is 0 Å². The highest BCUT2D eigenvalue weighted by atomic mass is 32.2. The number of hydrogen-bond donors (Lipinski definition) is 2. The van der Waals surface area contributed by atoms with Crippen LogP contribution in [0, 0.1) is 0 Å². The van der Waals surface area contributed by atoms with E-state index < -0.39 is 68.2 Å². The van der Waals surface area contributed by atoms with Crippen molar-refractivity contribution in [2.45, 2.75) is 115 Å². The Balaban J connectivity index is 1.39. The molecule has 0 radical (unpaired) electrons. The molecule has 0 bridgehead atoms. The van der Waals surface area contributed by atoms with Gasteiger partial charge in [-0.25, -0.2) is 9.59 Å². The van der Waals surface area contributed by atoms with Crippen molar-refractivity contribution >= 4 is 44.4 Å². The molecular formula is C38H53F3N4O11SSi2. The van der Waals surface area contributed by atoms with Crippen molar-refractivity contribution in [1.82, 2.24) is 14.9 Å². The highest BCUT2D eigenvalue weighted by molar-refractivity contribution is 7.88. The quantitative estimate of drug-likeness (QED) is 0.0536. The van der Waals surface area contributed by atoms with Crippen LogP contribution >= 0.6 is 0 Å². The Morgan fingerprint density at radius 3 is 2.29 bits per heavy atom. The molecule has 2 aromatic carbocycles. The van der Waals surface area contributed by atoms with Crippen LogP contribution in [0.15, 0.2) is 53.5 Å². The molecule has 0 aliphatic carbocycles. The van der Waals surface area contributed by atoms with E-state index in [1.807, 2.05) is 6.07 Å². The van der Waals surface area contributed by atoms with Crippen LogP contribution in [0.25, 0.3) is 0 Å². The summed E-state index contributed by atoms with van der Waals surface area (Å²) in [4.78, 5) is 30.1. The van der Waals surface area contributed by atoms with Crippen molar-refractivity contribution in [1.29, 1.82) is 0 Å². The molecule has 1 fully saturated rings. The van der Waals surface area contributed by atoms with Crippen LogP contribution in [0.4, 0.5) is 29.5 Å². The number of nitrogens with one attached hydrogen (secondary N) is 2. The van der Waals surface area contributed by atoms with E-state index in [1.165, 1.54) is 10.8 Å².